The summed E-state index contributed by atoms with van der Waals surface area (Å²) < 4.78 is 16.8. The molecule has 0 saturated heterocycles. The molecule has 4 heteroatoms. The van der Waals surface area contributed by atoms with E-state index in [4.69, 9.17) is 13.9 Å². The molecule has 0 saturated carbocycles. The molecule has 0 aromatic rings. The second-order valence-corrected chi connectivity index (χ2v) is 12.7. The molecule has 0 fully saturated rings. The molecule has 0 amide bonds. The van der Waals surface area contributed by atoms with E-state index >= 15 is 0 Å². The summed E-state index contributed by atoms with van der Waals surface area (Å²) in [6.45, 7) is 16.3. The minimum Gasteiger partial charge on any atom is -0.544 e. The van der Waals surface area contributed by atoms with E-state index in [0.717, 1.165) is 25.0 Å². The monoisotopic (exact) mass is 338 g/mol. The maximum Gasteiger partial charge on any atom is 0.250 e. The molecule has 1 unspecified atom stereocenters. The van der Waals surface area contributed by atoms with Gasteiger partial charge in [0.1, 0.15) is 6.79 Å². The van der Waals surface area contributed by atoms with Crippen molar-refractivity contribution in [2.75, 3.05) is 20.5 Å². The molecule has 0 bridgehead atoms. The summed E-state index contributed by atoms with van der Waals surface area (Å²) in [5, 5.41) is 0.214. The topological polar surface area (TPSA) is 27.7 Å². The van der Waals surface area contributed by atoms with Crippen molar-refractivity contribution in [3.63, 3.8) is 0 Å². The van der Waals surface area contributed by atoms with E-state index in [2.05, 4.69) is 58.7 Å². The van der Waals surface area contributed by atoms with Crippen LogP contribution in [0.1, 0.15) is 40.0 Å². The van der Waals surface area contributed by atoms with Crippen LogP contribution in [-0.2, 0) is 13.9 Å². The van der Waals surface area contributed by atoms with Gasteiger partial charge in [-0.2, -0.15) is 0 Å². The average molecular weight is 339 g/mol. The molecule has 0 spiro atoms. The first-order valence-corrected chi connectivity index (χ1v) is 11.3. The van der Waals surface area contributed by atoms with Crippen LogP contribution in [0.15, 0.2) is 36.6 Å². The molecule has 132 valence electrons. The summed E-state index contributed by atoms with van der Waals surface area (Å²) in [6, 6.07) is 0. The van der Waals surface area contributed by atoms with E-state index in [1.165, 1.54) is 0 Å². The van der Waals surface area contributed by atoms with Crippen molar-refractivity contribution in [3.05, 3.63) is 36.6 Å². The van der Waals surface area contributed by atoms with Crippen LogP contribution in [0.4, 0.5) is 0 Å². The third-order valence-corrected chi connectivity index (χ3v) is 9.34. The Morgan fingerprint density at radius 3 is 2.52 bits per heavy atom. The van der Waals surface area contributed by atoms with E-state index in [0.29, 0.717) is 13.4 Å². The maximum absolute atomic E-state index is 6.39. The minimum absolute atomic E-state index is 0.0930. The number of ether oxygens (including phenoxy) is 2. The second-order valence-electron chi connectivity index (χ2n) is 7.93. The van der Waals surface area contributed by atoms with E-state index < -0.39 is 8.32 Å². The molecular weight excluding hydrogens is 304 g/mol. The summed E-state index contributed by atoms with van der Waals surface area (Å²) in [6.07, 6.45) is 11.5. The summed E-state index contributed by atoms with van der Waals surface area (Å²) in [4.78, 5) is 0. The molecule has 1 rings (SSSR count). The summed E-state index contributed by atoms with van der Waals surface area (Å²) in [5.41, 5.74) is 0.0930. The molecule has 3 nitrogen and oxygen atoms in total. The lowest BCUT2D eigenvalue weighted by atomic mass is 9.76. The largest absolute Gasteiger partial charge is 0.544 e. The highest BCUT2D eigenvalue weighted by Crippen LogP contribution is 2.41. The zero-order valence-electron chi connectivity index (χ0n) is 15.8. The standard InChI is InChI=1S/C19H34O3Si/c1-8-11-19(14-15-21-16-20-5)12-9-17(10-13-19)22-23(6,7)18(2,3)4/h8-10,12H,1,11,13-16H2,2-7H3. The predicted molar refractivity (Wildman–Crippen MR) is 99.8 cm³/mol. The van der Waals surface area contributed by atoms with E-state index in [1.54, 1.807) is 7.11 Å². The van der Waals surface area contributed by atoms with Gasteiger partial charge in [-0.15, -0.1) is 6.58 Å². The van der Waals surface area contributed by atoms with Gasteiger partial charge in [0, 0.05) is 7.11 Å². The van der Waals surface area contributed by atoms with Crippen LogP contribution in [0.3, 0.4) is 0 Å². The van der Waals surface area contributed by atoms with Gasteiger partial charge in [-0.3, -0.25) is 0 Å². The molecule has 1 aliphatic rings. The van der Waals surface area contributed by atoms with Gasteiger partial charge in [0.25, 0.3) is 0 Å². The Bertz CT molecular complexity index is 446. The first kappa shape index (κ1) is 20.2. The Balaban J connectivity index is 2.69. The molecule has 1 atom stereocenters. The maximum atomic E-state index is 6.39. The van der Waals surface area contributed by atoms with Crippen molar-refractivity contribution < 1.29 is 13.9 Å². The first-order chi connectivity index (χ1) is 10.7. The average Bonchev–Trinajstić information content (AvgIpc) is 2.45. The number of methoxy groups -OCH3 is 1. The summed E-state index contributed by atoms with van der Waals surface area (Å²) in [5.74, 6) is 1.02. The van der Waals surface area contributed by atoms with Crippen molar-refractivity contribution in [1.82, 2.24) is 0 Å². The van der Waals surface area contributed by atoms with Crippen molar-refractivity contribution in [2.45, 2.75) is 58.2 Å². The molecule has 0 aliphatic heterocycles. The van der Waals surface area contributed by atoms with Crippen LogP contribution >= 0.6 is 0 Å². The fraction of sp³-hybridized carbons (Fsp3) is 0.684. The smallest absolute Gasteiger partial charge is 0.250 e. The third-order valence-electron chi connectivity index (χ3n) is 4.99. The molecular formula is C19H34O3Si. The summed E-state index contributed by atoms with van der Waals surface area (Å²) >= 11 is 0. The van der Waals surface area contributed by atoms with E-state index in [9.17, 15) is 0 Å². The number of rotatable bonds is 9. The van der Waals surface area contributed by atoms with Crippen LogP contribution in [0, 0.1) is 5.41 Å². The van der Waals surface area contributed by atoms with Gasteiger partial charge in [-0.25, -0.2) is 0 Å². The Kier molecular flexibility index (Phi) is 7.30. The first-order valence-electron chi connectivity index (χ1n) is 8.42. The predicted octanol–water partition coefficient (Wildman–Crippen LogP) is 5.43. The molecule has 0 aromatic carbocycles. The van der Waals surface area contributed by atoms with E-state index in [-0.39, 0.29) is 10.5 Å². The zero-order chi connectivity index (χ0) is 17.6. The Labute approximate surface area is 143 Å². The van der Waals surface area contributed by atoms with Crippen molar-refractivity contribution in [2.24, 2.45) is 5.41 Å². The van der Waals surface area contributed by atoms with Crippen LogP contribution in [0.25, 0.3) is 0 Å². The normalized spacial score (nSPS) is 21.9. The Hall–Kier alpha value is -0.843. The van der Waals surface area contributed by atoms with Crippen LogP contribution in [-0.4, -0.2) is 28.8 Å². The second kappa shape index (κ2) is 8.31. The zero-order valence-corrected chi connectivity index (χ0v) is 16.8. The Morgan fingerprint density at radius 1 is 1.35 bits per heavy atom. The lowest BCUT2D eigenvalue weighted by Gasteiger charge is -2.38. The highest BCUT2D eigenvalue weighted by molar-refractivity contribution is 6.74. The number of hydrogen-bond acceptors (Lipinski definition) is 3. The van der Waals surface area contributed by atoms with Crippen molar-refractivity contribution in [1.29, 1.82) is 0 Å². The van der Waals surface area contributed by atoms with Crippen LogP contribution < -0.4 is 0 Å². The van der Waals surface area contributed by atoms with Gasteiger partial charge in [-0.05, 0) is 55.0 Å². The molecule has 0 heterocycles. The lowest BCUT2D eigenvalue weighted by Crippen LogP contribution is -2.40. The molecule has 0 radical (unpaired) electrons. The van der Waals surface area contributed by atoms with Gasteiger partial charge in [-0.1, -0.05) is 32.9 Å². The van der Waals surface area contributed by atoms with Crippen LogP contribution in [0.2, 0.25) is 18.1 Å². The third kappa shape index (κ3) is 5.94. The van der Waals surface area contributed by atoms with Gasteiger partial charge >= 0.3 is 0 Å². The summed E-state index contributed by atoms with van der Waals surface area (Å²) in [7, 11) is -0.128. The highest BCUT2D eigenvalue weighted by Gasteiger charge is 2.39. The quantitative estimate of drug-likeness (QED) is 0.243. The van der Waals surface area contributed by atoms with Crippen molar-refractivity contribution >= 4 is 8.32 Å². The lowest BCUT2D eigenvalue weighted by molar-refractivity contribution is -0.0376. The minimum atomic E-state index is -1.77. The fourth-order valence-corrected chi connectivity index (χ4v) is 3.41. The Morgan fingerprint density at radius 2 is 2.04 bits per heavy atom. The fourth-order valence-electron chi connectivity index (χ4n) is 2.37. The van der Waals surface area contributed by atoms with Gasteiger partial charge in [0.05, 0.1) is 12.4 Å². The molecule has 23 heavy (non-hydrogen) atoms. The SMILES string of the molecule is C=CCC1(CCOCOC)C=CC(O[Si](C)(C)C(C)(C)C)=CC1. The highest BCUT2D eigenvalue weighted by atomic mass is 28.4. The van der Waals surface area contributed by atoms with Gasteiger partial charge in [0.2, 0.25) is 8.32 Å². The van der Waals surface area contributed by atoms with Crippen LogP contribution in [0.5, 0.6) is 0 Å². The van der Waals surface area contributed by atoms with E-state index in [1.807, 2.05) is 6.08 Å². The molecule has 0 N–H and O–H groups in total. The van der Waals surface area contributed by atoms with Gasteiger partial charge < -0.3 is 13.9 Å². The molecule has 1 aliphatic carbocycles. The van der Waals surface area contributed by atoms with Crippen molar-refractivity contribution in [3.8, 4) is 0 Å². The number of allylic oxidation sites excluding steroid dienone is 4. The van der Waals surface area contributed by atoms with Gasteiger partial charge in [0.15, 0.2) is 0 Å². The number of hydrogen-bond donors (Lipinski definition) is 0. The molecule has 0 aromatic heterocycles.